The third kappa shape index (κ3) is 4.52. The minimum absolute atomic E-state index is 0.00237. The van der Waals surface area contributed by atoms with Crippen molar-refractivity contribution in [1.29, 1.82) is 0 Å². The van der Waals surface area contributed by atoms with Crippen LogP contribution in [-0.2, 0) is 11.2 Å². The zero-order valence-electron chi connectivity index (χ0n) is 17.3. The van der Waals surface area contributed by atoms with Gasteiger partial charge in [-0.25, -0.2) is 9.97 Å². The summed E-state index contributed by atoms with van der Waals surface area (Å²) in [5, 5.41) is 3.34. The summed E-state index contributed by atoms with van der Waals surface area (Å²) in [5.74, 6) is 2.07. The van der Waals surface area contributed by atoms with Gasteiger partial charge in [-0.2, -0.15) is 0 Å². The maximum absolute atomic E-state index is 5.92. The standard InChI is InChI=1S/C23H26N4O3/c1-28-19-6-5-16(14-21(19)29-2)7-12-25-23-26-15-18(17-8-10-24-11-9-17)22(27-23)20-4-3-13-30-20/h5-6,8-11,14-15,20H,3-4,7,12-13H2,1-2H3,(H,25,26,27)/t20-/m0/s1. The van der Waals surface area contributed by atoms with E-state index in [4.69, 9.17) is 19.2 Å². The van der Waals surface area contributed by atoms with Gasteiger partial charge >= 0.3 is 0 Å². The van der Waals surface area contributed by atoms with E-state index in [-0.39, 0.29) is 6.10 Å². The highest BCUT2D eigenvalue weighted by molar-refractivity contribution is 5.65. The number of methoxy groups -OCH3 is 2. The number of ether oxygens (including phenoxy) is 3. The van der Waals surface area contributed by atoms with Gasteiger partial charge in [0.2, 0.25) is 5.95 Å². The molecular formula is C23H26N4O3. The molecule has 1 fully saturated rings. The molecule has 30 heavy (non-hydrogen) atoms. The summed E-state index contributed by atoms with van der Waals surface area (Å²) in [4.78, 5) is 13.5. The Labute approximate surface area is 176 Å². The van der Waals surface area contributed by atoms with E-state index < -0.39 is 0 Å². The summed E-state index contributed by atoms with van der Waals surface area (Å²) in [7, 11) is 3.28. The molecule has 0 bridgehead atoms. The van der Waals surface area contributed by atoms with E-state index in [1.165, 1.54) is 0 Å². The van der Waals surface area contributed by atoms with Crippen LogP contribution in [0.25, 0.3) is 11.1 Å². The van der Waals surface area contributed by atoms with Gasteiger partial charge in [0.05, 0.1) is 19.9 Å². The van der Waals surface area contributed by atoms with E-state index in [2.05, 4.69) is 15.3 Å². The zero-order chi connectivity index (χ0) is 20.8. The molecule has 0 spiro atoms. The maximum Gasteiger partial charge on any atom is 0.222 e. The summed E-state index contributed by atoms with van der Waals surface area (Å²) >= 11 is 0. The molecule has 0 unspecified atom stereocenters. The molecule has 1 atom stereocenters. The van der Waals surface area contributed by atoms with Crippen molar-refractivity contribution in [3.8, 4) is 22.6 Å². The number of hydrogen-bond donors (Lipinski definition) is 1. The number of pyridine rings is 1. The van der Waals surface area contributed by atoms with Crippen molar-refractivity contribution in [2.75, 3.05) is 32.7 Å². The van der Waals surface area contributed by atoms with Crippen LogP contribution >= 0.6 is 0 Å². The molecule has 7 heteroatoms. The van der Waals surface area contributed by atoms with E-state index in [1.54, 1.807) is 26.6 Å². The second-order valence-electron chi connectivity index (χ2n) is 7.10. The highest BCUT2D eigenvalue weighted by atomic mass is 16.5. The molecule has 0 aliphatic carbocycles. The Hall–Kier alpha value is -3.19. The lowest BCUT2D eigenvalue weighted by atomic mass is 10.0. The Bertz CT molecular complexity index is 975. The lowest BCUT2D eigenvalue weighted by Gasteiger charge is -2.16. The van der Waals surface area contributed by atoms with Gasteiger partial charge in [-0.05, 0) is 54.7 Å². The molecule has 1 aliphatic heterocycles. The van der Waals surface area contributed by atoms with Crippen molar-refractivity contribution in [2.24, 2.45) is 0 Å². The monoisotopic (exact) mass is 406 g/mol. The first-order valence-corrected chi connectivity index (χ1v) is 10.1. The van der Waals surface area contributed by atoms with Crippen LogP contribution in [0.3, 0.4) is 0 Å². The SMILES string of the molecule is COc1ccc(CCNc2ncc(-c3ccncc3)c([C@@H]3CCCO3)n2)cc1OC. The van der Waals surface area contributed by atoms with Gasteiger partial charge in [0.25, 0.3) is 0 Å². The number of benzene rings is 1. The van der Waals surface area contributed by atoms with Gasteiger partial charge in [-0.3, -0.25) is 4.98 Å². The van der Waals surface area contributed by atoms with Crippen LogP contribution in [0.1, 0.15) is 30.2 Å². The van der Waals surface area contributed by atoms with Gasteiger partial charge in [-0.1, -0.05) is 6.07 Å². The minimum Gasteiger partial charge on any atom is -0.493 e. The average Bonchev–Trinajstić information content (AvgIpc) is 3.34. The van der Waals surface area contributed by atoms with Gasteiger partial charge in [0.1, 0.15) is 6.10 Å². The Morgan fingerprint density at radius 3 is 2.67 bits per heavy atom. The average molecular weight is 406 g/mol. The van der Waals surface area contributed by atoms with Gasteiger partial charge in [-0.15, -0.1) is 0 Å². The van der Waals surface area contributed by atoms with E-state index in [1.807, 2.05) is 36.5 Å². The highest BCUT2D eigenvalue weighted by Crippen LogP contribution is 2.34. The fraction of sp³-hybridized carbons (Fsp3) is 0.348. The Balaban J connectivity index is 1.49. The molecular weight excluding hydrogens is 380 g/mol. The molecule has 0 saturated carbocycles. The number of anilines is 1. The van der Waals surface area contributed by atoms with Crippen LogP contribution in [0, 0.1) is 0 Å². The van der Waals surface area contributed by atoms with Crippen molar-refractivity contribution in [3.05, 3.63) is 60.2 Å². The van der Waals surface area contributed by atoms with Crippen LogP contribution in [0.15, 0.2) is 48.9 Å². The second kappa shape index (κ2) is 9.54. The topological polar surface area (TPSA) is 78.4 Å². The highest BCUT2D eigenvalue weighted by Gasteiger charge is 2.23. The van der Waals surface area contributed by atoms with Crippen molar-refractivity contribution >= 4 is 5.95 Å². The van der Waals surface area contributed by atoms with Gasteiger partial charge in [0, 0.05) is 37.3 Å². The maximum atomic E-state index is 5.92. The summed E-state index contributed by atoms with van der Waals surface area (Å²) in [6.45, 7) is 1.47. The Morgan fingerprint density at radius 2 is 1.93 bits per heavy atom. The number of hydrogen-bond acceptors (Lipinski definition) is 7. The van der Waals surface area contributed by atoms with E-state index >= 15 is 0 Å². The minimum atomic E-state index is 0.00237. The van der Waals surface area contributed by atoms with Crippen molar-refractivity contribution in [1.82, 2.24) is 15.0 Å². The molecule has 2 aromatic heterocycles. The number of aromatic nitrogens is 3. The molecule has 3 heterocycles. The molecule has 1 aromatic carbocycles. The lowest BCUT2D eigenvalue weighted by Crippen LogP contribution is -2.11. The summed E-state index contributed by atoms with van der Waals surface area (Å²) < 4.78 is 16.6. The molecule has 1 aliphatic rings. The van der Waals surface area contributed by atoms with Crippen LogP contribution in [0.2, 0.25) is 0 Å². The Morgan fingerprint density at radius 1 is 1.10 bits per heavy atom. The molecule has 156 valence electrons. The number of nitrogens with zero attached hydrogens (tertiary/aromatic N) is 3. The fourth-order valence-corrected chi connectivity index (χ4v) is 3.63. The van der Waals surface area contributed by atoms with Crippen molar-refractivity contribution in [3.63, 3.8) is 0 Å². The molecule has 0 radical (unpaired) electrons. The molecule has 4 rings (SSSR count). The third-order valence-corrected chi connectivity index (χ3v) is 5.19. The first kappa shape index (κ1) is 20.1. The number of nitrogens with one attached hydrogen (secondary N) is 1. The summed E-state index contributed by atoms with van der Waals surface area (Å²) in [6.07, 6.45) is 8.27. The van der Waals surface area contributed by atoms with Crippen molar-refractivity contribution in [2.45, 2.75) is 25.4 Å². The number of rotatable bonds is 8. The van der Waals surface area contributed by atoms with Crippen molar-refractivity contribution < 1.29 is 14.2 Å². The molecule has 0 amide bonds. The quantitative estimate of drug-likeness (QED) is 0.604. The summed E-state index contributed by atoms with van der Waals surface area (Å²) in [6, 6.07) is 9.90. The first-order valence-electron chi connectivity index (χ1n) is 10.1. The predicted octanol–water partition coefficient (Wildman–Crippen LogP) is 4.06. The van der Waals surface area contributed by atoms with E-state index in [0.29, 0.717) is 12.5 Å². The first-order chi connectivity index (χ1) is 14.8. The Kier molecular flexibility index (Phi) is 6.39. The van der Waals surface area contributed by atoms with Crippen LogP contribution in [0.5, 0.6) is 11.5 Å². The third-order valence-electron chi connectivity index (χ3n) is 5.19. The molecule has 1 saturated heterocycles. The zero-order valence-corrected chi connectivity index (χ0v) is 17.3. The predicted molar refractivity (Wildman–Crippen MR) is 115 cm³/mol. The lowest BCUT2D eigenvalue weighted by molar-refractivity contribution is 0.109. The summed E-state index contributed by atoms with van der Waals surface area (Å²) in [5.41, 5.74) is 4.12. The molecule has 7 nitrogen and oxygen atoms in total. The van der Waals surface area contributed by atoms with Crippen LogP contribution in [0.4, 0.5) is 5.95 Å². The molecule has 1 N–H and O–H groups in total. The molecule has 3 aromatic rings. The smallest absolute Gasteiger partial charge is 0.222 e. The normalized spacial score (nSPS) is 15.7. The fourth-order valence-electron chi connectivity index (χ4n) is 3.63. The largest absolute Gasteiger partial charge is 0.493 e. The van der Waals surface area contributed by atoms with Crippen LogP contribution in [-0.4, -0.2) is 42.3 Å². The van der Waals surface area contributed by atoms with Gasteiger partial charge < -0.3 is 19.5 Å². The van der Waals surface area contributed by atoms with E-state index in [9.17, 15) is 0 Å². The van der Waals surface area contributed by atoms with E-state index in [0.717, 1.165) is 59.8 Å². The van der Waals surface area contributed by atoms with Gasteiger partial charge in [0.15, 0.2) is 11.5 Å². The second-order valence-corrected chi connectivity index (χ2v) is 7.10. The van der Waals surface area contributed by atoms with Crippen LogP contribution < -0.4 is 14.8 Å².